The molecule has 0 saturated heterocycles. The van der Waals surface area contributed by atoms with Crippen molar-refractivity contribution in [2.45, 2.75) is 12.8 Å². The molecule has 0 unspecified atom stereocenters. The zero-order valence-corrected chi connectivity index (χ0v) is 14.0. The van der Waals surface area contributed by atoms with Crippen molar-refractivity contribution < 1.29 is 9.21 Å². The quantitative estimate of drug-likeness (QED) is 0.719. The molecular formula is C17H13Cl2N3O2. The zero-order valence-electron chi connectivity index (χ0n) is 12.5. The van der Waals surface area contributed by atoms with E-state index in [9.17, 15) is 4.79 Å². The second-order valence-corrected chi connectivity index (χ2v) is 5.91. The third kappa shape index (κ3) is 4.13. The molecule has 0 aliphatic rings. The second kappa shape index (κ2) is 7.47. The summed E-state index contributed by atoms with van der Waals surface area (Å²) in [5, 5.41) is 11.2. The van der Waals surface area contributed by atoms with Crippen LogP contribution in [0.15, 0.2) is 52.9 Å². The highest BCUT2D eigenvalue weighted by Gasteiger charge is 2.14. The van der Waals surface area contributed by atoms with E-state index < -0.39 is 0 Å². The summed E-state index contributed by atoms with van der Waals surface area (Å²) >= 11 is 12.0. The number of nitrogens with one attached hydrogen (secondary N) is 1. The number of hydrogen-bond donors (Lipinski definition) is 1. The Kier molecular flexibility index (Phi) is 5.13. The molecular weight excluding hydrogens is 349 g/mol. The SMILES string of the molecule is O=C(CCc1ccccc1)Nc1nnc(-c2cc(Cl)ccc2Cl)o1. The number of carbonyl (C=O) groups is 1. The van der Waals surface area contributed by atoms with Crippen LogP contribution in [0.2, 0.25) is 10.0 Å². The fourth-order valence-electron chi connectivity index (χ4n) is 2.13. The molecule has 1 amide bonds. The lowest BCUT2D eigenvalue weighted by atomic mass is 10.1. The molecule has 122 valence electrons. The standard InChI is InChI=1S/C17H13Cl2N3O2/c18-12-7-8-14(19)13(10-12)16-21-22-17(24-16)20-15(23)9-6-11-4-2-1-3-5-11/h1-5,7-8,10H,6,9H2,(H,20,22,23). The van der Waals surface area contributed by atoms with Crippen molar-refractivity contribution in [2.75, 3.05) is 5.32 Å². The van der Waals surface area contributed by atoms with Crippen molar-refractivity contribution in [3.8, 4) is 11.5 Å². The summed E-state index contributed by atoms with van der Waals surface area (Å²) < 4.78 is 5.43. The maximum Gasteiger partial charge on any atom is 0.322 e. The lowest BCUT2D eigenvalue weighted by Crippen LogP contribution is -2.12. The third-order valence-electron chi connectivity index (χ3n) is 3.31. The highest BCUT2D eigenvalue weighted by Crippen LogP contribution is 2.30. The van der Waals surface area contributed by atoms with Gasteiger partial charge in [-0.1, -0.05) is 58.6 Å². The molecule has 5 nitrogen and oxygen atoms in total. The van der Waals surface area contributed by atoms with Gasteiger partial charge in [0.2, 0.25) is 5.91 Å². The van der Waals surface area contributed by atoms with Crippen LogP contribution in [0.5, 0.6) is 0 Å². The molecule has 0 aliphatic heterocycles. The number of rotatable bonds is 5. The van der Waals surface area contributed by atoms with Gasteiger partial charge in [0, 0.05) is 11.4 Å². The van der Waals surface area contributed by atoms with Crippen LogP contribution in [0.1, 0.15) is 12.0 Å². The van der Waals surface area contributed by atoms with Crippen LogP contribution >= 0.6 is 23.2 Å². The summed E-state index contributed by atoms with van der Waals surface area (Å²) in [6.45, 7) is 0. The average Bonchev–Trinajstić information content (AvgIpc) is 3.04. The Hall–Kier alpha value is -2.37. The zero-order chi connectivity index (χ0) is 16.9. The van der Waals surface area contributed by atoms with Crippen molar-refractivity contribution in [3.63, 3.8) is 0 Å². The second-order valence-electron chi connectivity index (χ2n) is 5.07. The van der Waals surface area contributed by atoms with E-state index in [1.165, 1.54) is 0 Å². The predicted molar refractivity (Wildman–Crippen MR) is 93.1 cm³/mol. The molecule has 0 saturated carbocycles. The van der Waals surface area contributed by atoms with E-state index in [1.807, 2.05) is 30.3 Å². The molecule has 2 aromatic carbocycles. The van der Waals surface area contributed by atoms with Crippen LogP contribution in [0.25, 0.3) is 11.5 Å². The molecule has 0 aliphatic carbocycles. The van der Waals surface area contributed by atoms with Gasteiger partial charge in [0.25, 0.3) is 5.89 Å². The maximum absolute atomic E-state index is 12.0. The topological polar surface area (TPSA) is 68.0 Å². The largest absolute Gasteiger partial charge is 0.403 e. The Labute approximate surface area is 148 Å². The van der Waals surface area contributed by atoms with Gasteiger partial charge in [0.15, 0.2) is 0 Å². The first-order valence-electron chi connectivity index (χ1n) is 7.24. The maximum atomic E-state index is 12.0. The van der Waals surface area contributed by atoms with Gasteiger partial charge in [-0.2, -0.15) is 0 Å². The summed E-state index contributed by atoms with van der Waals surface area (Å²) in [7, 11) is 0. The fourth-order valence-corrected chi connectivity index (χ4v) is 2.50. The molecule has 3 aromatic rings. The number of carbonyl (C=O) groups excluding carboxylic acids is 1. The minimum atomic E-state index is -0.203. The Morgan fingerprint density at radius 2 is 1.88 bits per heavy atom. The Balaban J connectivity index is 1.63. The van der Waals surface area contributed by atoms with Gasteiger partial charge in [-0.15, -0.1) is 5.10 Å². The summed E-state index contributed by atoms with van der Waals surface area (Å²) in [5.41, 5.74) is 1.60. The van der Waals surface area contributed by atoms with Gasteiger partial charge < -0.3 is 4.42 Å². The van der Waals surface area contributed by atoms with E-state index in [0.29, 0.717) is 28.5 Å². The molecule has 1 aromatic heterocycles. The van der Waals surface area contributed by atoms with E-state index >= 15 is 0 Å². The van der Waals surface area contributed by atoms with E-state index in [2.05, 4.69) is 15.5 Å². The number of aromatic nitrogens is 2. The van der Waals surface area contributed by atoms with Gasteiger partial charge in [-0.3, -0.25) is 10.1 Å². The molecule has 1 heterocycles. The normalized spacial score (nSPS) is 10.6. The smallest absolute Gasteiger partial charge is 0.322 e. The van der Waals surface area contributed by atoms with Crippen LogP contribution in [-0.4, -0.2) is 16.1 Å². The van der Waals surface area contributed by atoms with Crippen molar-refractivity contribution >= 4 is 35.1 Å². The molecule has 0 fully saturated rings. The summed E-state index contributed by atoms with van der Waals surface area (Å²) in [6.07, 6.45) is 0.952. The molecule has 3 rings (SSSR count). The molecule has 0 atom stereocenters. The van der Waals surface area contributed by atoms with E-state index in [4.69, 9.17) is 27.6 Å². The Morgan fingerprint density at radius 1 is 1.08 bits per heavy atom. The third-order valence-corrected chi connectivity index (χ3v) is 3.88. The lowest BCUT2D eigenvalue weighted by molar-refractivity contribution is -0.116. The number of nitrogens with zero attached hydrogens (tertiary/aromatic N) is 2. The van der Waals surface area contributed by atoms with Crippen molar-refractivity contribution in [1.82, 2.24) is 10.2 Å². The van der Waals surface area contributed by atoms with Crippen LogP contribution < -0.4 is 5.32 Å². The predicted octanol–water partition coefficient (Wildman–Crippen LogP) is 4.61. The lowest BCUT2D eigenvalue weighted by Gasteiger charge is -2.01. The van der Waals surface area contributed by atoms with Crippen LogP contribution in [0, 0.1) is 0 Å². The van der Waals surface area contributed by atoms with Crippen molar-refractivity contribution in [3.05, 3.63) is 64.1 Å². The molecule has 1 N–H and O–H groups in total. The number of halogens is 2. The monoisotopic (exact) mass is 361 g/mol. The van der Waals surface area contributed by atoms with E-state index in [1.54, 1.807) is 18.2 Å². The highest BCUT2D eigenvalue weighted by atomic mass is 35.5. The molecule has 7 heteroatoms. The number of aryl methyl sites for hydroxylation is 1. The minimum Gasteiger partial charge on any atom is -0.403 e. The highest BCUT2D eigenvalue weighted by molar-refractivity contribution is 6.35. The Bertz CT molecular complexity index is 850. The minimum absolute atomic E-state index is 0.0269. The van der Waals surface area contributed by atoms with E-state index in [0.717, 1.165) is 5.56 Å². The van der Waals surface area contributed by atoms with Crippen molar-refractivity contribution in [2.24, 2.45) is 0 Å². The Morgan fingerprint density at radius 3 is 2.67 bits per heavy atom. The number of benzene rings is 2. The summed E-state index contributed by atoms with van der Waals surface area (Å²) in [6, 6.07) is 14.7. The molecule has 0 spiro atoms. The first-order chi connectivity index (χ1) is 11.6. The van der Waals surface area contributed by atoms with Gasteiger partial charge in [-0.05, 0) is 30.2 Å². The molecule has 0 radical (unpaired) electrons. The summed E-state index contributed by atoms with van der Waals surface area (Å²) in [4.78, 5) is 12.0. The number of hydrogen-bond acceptors (Lipinski definition) is 4. The molecule has 0 bridgehead atoms. The molecule has 24 heavy (non-hydrogen) atoms. The summed E-state index contributed by atoms with van der Waals surface area (Å²) in [5.74, 6) is -0.00731. The van der Waals surface area contributed by atoms with Gasteiger partial charge in [0.1, 0.15) is 0 Å². The first-order valence-corrected chi connectivity index (χ1v) is 8.00. The number of anilines is 1. The van der Waals surface area contributed by atoms with Crippen LogP contribution in [0.4, 0.5) is 6.01 Å². The van der Waals surface area contributed by atoms with Crippen molar-refractivity contribution in [1.29, 1.82) is 0 Å². The van der Waals surface area contributed by atoms with Gasteiger partial charge in [0.05, 0.1) is 10.6 Å². The van der Waals surface area contributed by atoms with Gasteiger partial charge in [-0.25, -0.2) is 0 Å². The number of amides is 1. The average molecular weight is 362 g/mol. The van der Waals surface area contributed by atoms with Crippen LogP contribution in [-0.2, 0) is 11.2 Å². The first kappa shape index (κ1) is 16.5. The van der Waals surface area contributed by atoms with E-state index in [-0.39, 0.29) is 17.8 Å². The van der Waals surface area contributed by atoms with Gasteiger partial charge >= 0.3 is 6.01 Å². The fraction of sp³-hybridized carbons (Fsp3) is 0.118. The van der Waals surface area contributed by atoms with Crippen LogP contribution in [0.3, 0.4) is 0 Å².